The Balaban J connectivity index is 1.62. The van der Waals surface area contributed by atoms with Gasteiger partial charge in [-0.3, -0.25) is 24.0 Å². The SMILES string of the molecule is CC(=O)CNC(=O)CCCCCNC(=O)Oc1c2ccccc2c(OC(=O)NCCCNCC(=O)CCC(=O)O)c2oc(C(C)=O)cc12. The van der Waals surface area contributed by atoms with Crippen LogP contribution >= 0.6 is 0 Å². The Morgan fingerprint density at radius 2 is 1.35 bits per heavy atom. The first kappa shape index (κ1) is 37.2. The lowest BCUT2D eigenvalue weighted by molar-refractivity contribution is -0.138. The molecule has 0 atom stereocenters. The Bertz CT molecular complexity index is 1550. The highest BCUT2D eigenvalue weighted by Gasteiger charge is 2.25. The van der Waals surface area contributed by atoms with Crippen molar-refractivity contribution < 1.29 is 52.6 Å². The van der Waals surface area contributed by atoms with E-state index in [0.717, 1.165) is 0 Å². The van der Waals surface area contributed by atoms with Gasteiger partial charge in [-0.1, -0.05) is 30.7 Å². The number of hydrogen-bond acceptors (Lipinski definition) is 11. The largest absolute Gasteiger partial charge is 0.481 e. The zero-order valence-corrected chi connectivity index (χ0v) is 26.9. The summed E-state index contributed by atoms with van der Waals surface area (Å²) in [5.74, 6) is -1.91. The maximum Gasteiger partial charge on any atom is 0.412 e. The molecular formula is C33H40N4O11. The lowest BCUT2D eigenvalue weighted by Gasteiger charge is -2.14. The van der Waals surface area contributed by atoms with Gasteiger partial charge >= 0.3 is 18.2 Å². The molecule has 2 aromatic carbocycles. The van der Waals surface area contributed by atoms with Gasteiger partial charge in [-0.2, -0.15) is 0 Å². The van der Waals surface area contributed by atoms with Crippen LogP contribution < -0.4 is 30.7 Å². The molecule has 3 aromatic rings. The number of furan rings is 1. The van der Waals surface area contributed by atoms with Crippen molar-refractivity contribution >= 4 is 63.2 Å². The van der Waals surface area contributed by atoms with Gasteiger partial charge in [0.1, 0.15) is 11.6 Å². The second-order valence-electron chi connectivity index (χ2n) is 11.0. The van der Waals surface area contributed by atoms with Crippen molar-refractivity contribution in [2.45, 2.75) is 58.8 Å². The van der Waals surface area contributed by atoms with Crippen molar-refractivity contribution in [3.63, 3.8) is 0 Å². The lowest BCUT2D eigenvalue weighted by atomic mass is 10.1. The van der Waals surface area contributed by atoms with E-state index in [1.54, 1.807) is 24.3 Å². The molecule has 3 amide bonds. The molecule has 0 aliphatic heterocycles. The molecule has 0 bridgehead atoms. The molecule has 1 aromatic heterocycles. The number of ether oxygens (including phenoxy) is 2. The summed E-state index contributed by atoms with van der Waals surface area (Å²) in [6.45, 7) is 3.58. The molecule has 0 fully saturated rings. The van der Waals surface area contributed by atoms with E-state index in [4.69, 9.17) is 19.0 Å². The Kier molecular flexibility index (Phi) is 14.5. The standard InChI is InChI=1S/C33H40N4O11/c1-20(38)18-37-27(41)11-4-3-7-15-35-32(44)47-29-23-9-5-6-10-24(23)30(31-25(29)17-26(46-31)21(2)39)48-33(45)36-16-8-14-34-19-22(40)12-13-28(42)43/h5-6,9-10,17,34H,3-4,7-8,11-16,18-19H2,1-2H3,(H,35,44)(H,36,45)(H,37,41)(H,42,43). The number of carbonyl (C=O) groups excluding carboxylic acids is 6. The molecule has 3 rings (SSSR count). The van der Waals surface area contributed by atoms with Crippen LogP contribution in [0.3, 0.4) is 0 Å². The zero-order valence-electron chi connectivity index (χ0n) is 26.9. The van der Waals surface area contributed by atoms with E-state index in [1.807, 2.05) is 0 Å². The minimum atomic E-state index is -1.04. The maximum atomic E-state index is 12.8. The molecule has 0 saturated heterocycles. The average molecular weight is 669 g/mol. The molecule has 0 aliphatic rings. The molecule has 15 nitrogen and oxygen atoms in total. The average Bonchev–Trinajstić information content (AvgIpc) is 3.50. The van der Waals surface area contributed by atoms with Gasteiger partial charge in [-0.05, 0) is 38.8 Å². The quantitative estimate of drug-likeness (QED) is 0.0861. The smallest absolute Gasteiger partial charge is 0.412 e. The Morgan fingerprint density at radius 3 is 2.00 bits per heavy atom. The van der Waals surface area contributed by atoms with Crippen molar-refractivity contribution in [3.8, 4) is 11.5 Å². The second kappa shape index (κ2) is 18.7. The minimum absolute atomic E-state index is 0.00270. The summed E-state index contributed by atoms with van der Waals surface area (Å²) in [5, 5.41) is 20.4. The number of rotatable bonds is 20. The molecule has 0 radical (unpaired) electrons. The fourth-order valence-corrected chi connectivity index (χ4v) is 4.57. The monoisotopic (exact) mass is 668 g/mol. The summed E-state index contributed by atoms with van der Waals surface area (Å²) in [5.41, 5.74) is 0.0291. The molecule has 258 valence electrons. The van der Waals surface area contributed by atoms with Crippen LogP contribution in [0, 0.1) is 0 Å². The summed E-state index contributed by atoms with van der Waals surface area (Å²) in [6, 6.07) is 8.14. The number of carboxylic acids is 1. The number of amides is 3. The Hall–Kier alpha value is -5.31. The lowest BCUT2D eigenvalue weighted by Crippen LogP contribution is -2.31. The van der Waals surface area contributed by atoms with Gasteiger partial charge in [0.05, 0.1) is 24.9 Å². The summed E-state index contributed by atoms with van der Waals surface area (Å²) in [6.07, 6.45) is 0.687. The number of carbonyl (C=O) groups is 7. The van der Waals surface area contributed by atoms with Crippen LogP contribution in [-0.4, -0.2) is 79.2 Å². The fourth-order valence-electron chi connectivity index (χ4n) is 4.57. The summed E-state index contributed by atoms with van der Waals surface area (Å²) in [7, 11) is 0. The van der Waals surface area contributed by atoms with E-state index in [0.29, 0.717) is 43.0 Å². The van der Waals surface area contributed by atoms with Crippen molar-refractivity contribution in [3.05, 3.63) is 36.1 Å². The van der Waals surface area contributed by atoms with Crippen molar-refractivity contribution in [1.29, 1.82) is 0 Å². The number of nitrogens with one attached hydrogen (secondary N) is 4. The number of unbranched alkanes of at least 4 members (excludes halogenated alkanes) is 2. The van der Waals surface area contributed by atoms with Gasteiger partial charge < -0.3 is 40.3 Å². The molecule has 5 N–H and O–H groups in total. The Morgan fingerprint density at radius 1 is 0.708 bits per heavy atom. The highest BCUT2D eigenvalue weighted by molar-refractivity contribution is 6.12. The molecule has 0 unspecified atom stereocenters. The number of ketones is 3. The number of Topliss-reactive ketones (excluding diaryl/α,β-unsaturated/α-hetero) is 3. The molecule has 0 saturated carbocycles. The van der Waals surface area contributed by atoms with Crippen molar-refractivity contribution in [1.82, 2.24) is 21.3 Å². The van der Waals surface area contributed by atoms with Gasteiger partial charge in [0.15, 0.2) is 28.6 Å². The first-order valence-corrected chi connectivity index (χ1v) is 15.6. The van der Waals surface area contributed by atoms with Gasteiger partial charge in [0.2, 0.25) is 5.91 Å². The van der Waals surface area contributed by atoms with Crippen molar-refractivity contribution in [2.75, 3.05) is 32.7 Å². The van der Waals surface area contributed by atoms with Crippen molar-refractivity contribution in [2.24, 2.45) is 0 Å². The predicted molar refractivity (Wildman–Crippen MR) is 173 cm³/mol. The third-order valence-corrected chi connectivity index (χ3v) is 6.96. The second-order valence-corrected chi connectivity index (χ2v) is 11.0. The normalized spacial score (nSPS) is 10.8. The summed E-state index contributed by atoms with van der Waals surface area (Å²) < 4.78 is 17.1. The van der Waals surface area contributed by atoms with Gasteiger partial charge in [-0.15, -0.1) is 0 Å². The summed E-state index contributed by atoms with van der Waals surface area (Å²) in [4.78, 5) is 82.7. The number of fused-ring (bicyclic) bond motifs is 2. The van der Waals surface area contributed by atoms with Crippen LogP contribution in [-0.2, 0) is 19.2 Å². The molecular weight excluding hydrogens is 628 g/mol. The minimum Gasteiger partial charge on any atom is -0.481 e. The molecule has 48 heavy (non-hydrogen) atoms. The Labute approximate surface area is 276 Å². The van der Waals surface area contributed by atoms with Crippen LogP contribution in [0.5, 0.6) is 11.5 Å². The molecule has 1 heterocycles. The summed E-state index contributed by atoms with van der Waals surface area (Å²) >= 11 is 0. The van der Waals surface area contributed by atoms with Gasteiger partial charge in [0, 0.05) is 43.6 Å². The molecule has 15 heteroatoms. The van der Waals surface area contributed by atoms with Crippen LogP contribution in [0.2, 0.25) is 0 Å². The topological polar surface area (TPSA) is 219 Å². The number of carboxylic acid groups (broad SMARTS) is 1. The van der Waals surface area contributed by atoms with E-state index in [2.05, 4.69) is 21.3 Å². The zero-order chi connectivity index (χ0) is 35.1. The molecule has 0 spiro atoms. The van der Waals surface area contributed by atoms with Crippen LogP contribution in [0.1, 0.15) is 69.3 Å². The number of aliphatic carboxylic acids is 1. The number of benzene rings is 2. The first-order valence-electron chi connectivity index (χ1n) is 15.6. The van der Waals surface area contributed by atoms with Crippen LogP contribution in [0.25, 0.3) is 21.7 Å². The van der Waals surface area contributed by atoms with E-state index < -0.39 is 23.9 Å². The van der Waals surface area contributed by atoms with E-state index >= 15 is 0 Å². The number of hydrogen-bond donors (Lipinski definition) is 5. The fraction of sp³-hybridized carbons (Fsp3) is 0.424. The van der Waals surface area contributed by atoms with Crippen LogP contribution in [0.15, 0.2) is 34.7 Å². The van der Waals surface area contributed by atoms with Crippen LogP contribution in [0.4, 0.5) is 9.59 Å². The van der Waals surface area contributed by atoms with Gasteiger partial charge in [-0.25, -0.2) is 9.59 Å². The van der Waals surface area contributed by atoms with E-state index in [1.165, 1.54) is 19.9 Å². The first-order chi connectivity index (χ1) is 23.0. The maximum absolute atomic E-state index is 12.8. The van der Waals surface area contributed by atoms with E-state index in [9.17, 15) is 33.6 Å². The van der Waals surface area contributed by atoms with E-state index in [-0.39, 0.29) is 91.1 Å². The third kappa shape index (κ3) is 11.8. The predicted octanol–water partition coefficient (Wildman–Crippen LogP) is 3.64. The highest BCUT2D eigenvalue weighted by Crippen LogP contribution is 2.44. The van der Waals surface area contributed by atoms with Gasteiger partial charge in [0.25, 0.3) is 0 Å². The highest BCUT2D eigenvalue weighted by atomic mass is 16.6. The molecule has 0 aliphatic carbocycles. The third-order valence-electron chi connectivity index (χ3n) is 6.96.